The van der Waals surface area contributed by atoms with E-state index >= 15 is 0 Å². The smallest absolute Gasteiger partial charge is 0.315 e. The number of carbonyl (C=O) groups is 1. The zero-order valence-electron chi connectivity index (χ0n) is 10.1. The lowest BCUT2D eigenvalue weighted by Crippen LogP contribution is -2.37. The summed E-state index contributed by atoms with van der Waals surface area (Å²) in [6.45, 7) is 1.25. The summed E-state index contributed by atoms with van der Waals surface area (Å²) in [7, 11) is 1.58. The monoisotopic (exact) mass is 266 g/mol. The normalized spacial score (nSPS) is 9.22. The molecule has 1 rings (SSSR count). The largest absolute Gasteiger partial charge is 0.383 e. The van der Waals surface area contributed by atoms with Gasteiger partial charge in [0.2, 0.25) is 0 Å². The van der Waals surface area contributed by atoms with Gasteiger partial charge in [-0.05, 0) is 18.2 Å². The van der Waals surface area contributed by atoms with E-state index in [1.165, 1.54) is 0 Å². The van der Waals surface area contributed by atoms with E-state index in [4.69, 9.17) is 16.3 Å². The molecule has 0 unspecified atom stereocenters. The molecule has 4 nitrogen and oxygen atoms in total. The first-order chi connectivity index (χ1) is 8.72. The molecule has 0 fully saturated rings. The Morgan fingerprint density at radius 2 is 2.28 bits per heavy atom. The summed E-state index contributed by atoms with van der Waals surface area (Å²) in [5, 5.41) is 5.89. The van der Waals surface area contributed by atoms with Gasteiger partial charge in [0.15, 0.2) is 0 Å². The van der Waals surface area contributed by atoms with E-state index in [-0.39, 0.29) is 12.6 Å². The fraction of sp³-hybridized carbons (Fsp3) is 0.308. The molecule has 96 valence electrons. The summed E-state index contributed by atoms with van der Waals surface area (Å²) < 4.78 is 4.80. The van der Waals surface area contributed by atoms with Gasteiger partial charge in [0.1, 0.15) is 0 Å². The van der Waals surface area contributed by atoms with Crippen LogP contribution in [0.3, 0.4) is 0 Å². The predicted molar refractivity (Wildman–Crippen MR) is 71.6 cm³/mol. The Balaban J connectivity index is 2.27. The van der Waals surface area contributed by atoms with Crippen LogP contribution in [-0.4, -0.2) is 32.8 Å². The number of nitrogens with one attached hydrogen (secondary N) is 2. The second-order valence-electron chi connectivity index (χ2n) is 3.41. The first-order valence-corrected chi connectivity index (χ1v) is 5.85. The molecule has 5 heteroatoms. The van der Waals surface area contributed by atoms with Crippen LogP contribution in [0.5, 0.6) is 0 Å². The van der Waals surface area contributed by atoms with Crippen LogP contribution >= 0.6 is 11.6 Å². The molecule has 0 atom stereocenters. The van der Waals surface area contributed by atoms with E-state index in [0.717, 1.165) is 5.56 Å². The Labute approximate surface area is 112 Å². The Morgan fingerprint density at radius 3 is 3.00 bits per heavy atom. The summed E-state index contributed by atoms with van der Waals surface area (Å²) >= 11 is 5.82. The van der Waals surface area contributed by atoms with Crippen molar-refractivity contribution in [2.45, 2.75) is 0 Å². The van der Waals surface area contributed by atoms with Crippen molar-refractivity contribution in [3.8, 4) is 11.8 Å². The minimum absolute atomic E-state index is 0.257. The Bertz CT molecular complexity index is 452. The van der Waals surface area contributed by atoms with E-state index in [1.54, 1.807) is 19.2 Å². The lowest BCUT2D eigenvalue weighted by Gasteiger charge is -2.03. The maximum Gasteiger partial charge on any atom is 0.315 e. The molecule has 0 saturated heterocycles. The topological polar surface area (TPSA) is 50.4 Å². The minimum Gasteiger partial charge on any atom is -0.383 e. The second-order valence-corrected chi connectivity index (χ2v) is 3.85. The van der Waals surface area contributed by atoms with Crippen LogP contribution in [0, 0.1) is 11.8 Å². The highest BCUT2D eigenvalue weighted by Crippen LogP contribution is 2.08. The van der Waals surface area contributed by atoms with Crippen molar-refractivity contribution in [1.29, 1.82) is 0 Å². The fourth-order valence-electron chi connectivity index (χ4n) is 1.17. The molecule has 0 aromatic heterocycles. The molecule has 1 aromatic carbocycles. The van der Waals surface area contributed by atoms with E-state index < -0.39 is 0 Å². The first kappa shape index (κ1) is 14.4. The third-order valence-corrected chi connectivity index (χ3v) is 2.22. The van der Waals surface area contributed by atoms with Crippen LogP contribution in [0.15, 0.2) is 24.3 Å². The van der Waals surface area contributed by atoms with Crippen molar-refractivity contribution in [3.05, 3.63) is 34.9 Å². The molecule has 0 spiro atoms. The van der Waals surface area contributed by atoms with Crippen molar-refractivity contribution in [2.75, 3.05) is 26.8 Å². The number of urea groups is 1. The number of rotatable bonds is 4. The average Bonchev–Trinajstić information content (AvgIpc) is 2.35. The highest BCUT2D eigenvalue weighted by molar-refractivity contribution is 6.30. The molecule has 0 radical (unpaired) electrons. The number of hydrogen-bond acceptors (Lipinski definition) is 2. The maximum absolute atomic E-state index is 11.2. The number of hydrogen-bond donors (Lipinski definition) is 2. The number of amides is 2. The first-order valence-electron chi connectivity index (χ1n) is 5.47. The third kappa shape index (κ3) is 6.14. The molecule has 2 amide bonds. The van der Waals surface area contributed by atoms with E-state index in [0.29, 0.717) is 18.2 Å². The molecule has 18 heavy (non-hydrogen) atoms. The maximum atomic E-state index is 11.2. The molecule has 2 N–H and O–H groups in total. The summed E-state index contributed by atoms with van der Waals surface area (Å²) in [6.07, 6.45) is 0. The predicted octanol–water partition coefficient (Wildman–Crippen LogP) is 1.64. The second kappa shape index (κ2) is 8.40. The zero-order valence-corrected chi connectivity index (χ0v) is 10.9. The van der Waals surface area contributed by atoms with Crippen molar-refractivity contribution in [3.63, 3.8) is 0 Å². The number of benzene rings is 1. The van der Waals surface area contributed by atoms with Crippen LogP contribution in [0.2, 0.25) is 5.02 Å². The summed E-state index contributed by atoms with van der Waals surface area (Å²) in [5.74, 6) is 5.74. The van der Waals surface area contributed by atoms with Gasteiger partial charge in [-0.1, -0.05) is 29.5 Å². The number of halogens is 1. The van der Waals surface area contributed by atoms with Gasteiger partial charge in [-0.25, -0.2) is 4.79 Å². The van der Waals surface area contributed by atoms with Crippen LogP contribution in [0.4, 0.5) is 4.79 Å². The molecular weight excluding hydrogens is 252 g/mol. The molecule has 0 aliphatic carbocycles. The molecular formula is C13H15ClN2O2. The van der Waals surface area contributed by atoms with Crippen LogP contribution < -0.4 is 10.6 Å². The highest BCUT2D eigenvalue weighted by atomic mass is 35.5. The highest BCUT2D eigenvalue weighted by Gasteiger charge is 1.95. The molecule has 0 saturated carbocycles. The van der Waals surface area contributed by atoms with Crippen molar-refractivity contribution in [2.24, 2.45) is 0 Å². The quantitative estimate of drug-likeness (QED) is 0.643. The van der Waals surface area contributed by atoms with Crippen molar-refractivity contribution in [1.82, 2.24) is 10.6 Å². The fourth-order valence-corrected chi connectivity index (χ4v) is 1.36. The van der Waals surface area contributed by atoms with Gasteiger partial charge in [0.05, 0.1) is 13.2 Å². The molecule has 0 aliphatic heterocycles. The van der Waals surface area contributed by atoms with Gasteiger partial charge >= 0.3 is 6.03 Å². The number of methoxy groups -OCH3 is 1. The molecule has 0 heterocycles. The van der Waals surface area contributed by atoms with E-state index in [2.05, 4.69) is 22.5 Å². The van der Waals surface area contributed by atoms with Crippen molar-refractivity contribution >= 4 is 17.6 Å². The van der Waals surface area contributed by atoms with E-state index in [9.17, 15) is 4.79 Å². The van der Waals surface area contributed by atoms with Gasteiger partial charge < -0.3 is 15.4 Å². The lowest BCUT2D eigenvalue weighted by atomic mass is 10.2. The van der Waals surface area contributed by atoms with Crippen LogP contribution in [0.25, 0.3) is 0 Å². The summed E-state index contributed by atoms with van der Waals surface area (Å²) in [5.41, 5.74) is 0.823. The van der Waals surface area contributed by atoms with E-state index in [1.807, 2.05) is 12.1 Å². The minimum atomic E-state index is -0.257. The summed E-state index contributed by atoms with van der Waals surface area (Å²) in [4.78, 5) is 11.2. The Hall–Kier alpha value is -1.70. The SMILES string of the molecule is COCCNC(=O)NCC#Cc1cccc(Cl)c1. The van der Waals surface area contributed by atoms with Gasteiger partial charge in [-0.3, -0.25) is 0 Å². The molecule has 0 bridgehead atoms. The van der Waals surface area contributed by atoms with Crippen LogP contribution in [-0.2, 0) is 4.74 Å². The zero-order chi connectivity index (χ0) is 13.2. The standard InChI is InChI=1S/C13H15ClN2O2/c1-18-9-8-16-13(17)15-7-3-5-11-4-2-6-12(14)10-11/h2,4,6,10H,7-9H2,1H3,(H2,15,16,17). The molecule has 0 aliphatic rings. The van der Waals surface area contributed by atoms with Gasteiger partial charge in [0.25, 0.3) is 0 Å². The Kier molecular flexibility index (Phi) is 6.70. The average molecular weight is 267 g/mol. The summed E-state index contributed by atoms with van der Waals surface area (Å²) in [6, 6.07) is 6.99. The van der Waals surface area contributed by atoms with Gasteiger partial charge in [-0.15, -0.1) is 0 Å². The number of carbonyl (C=O) groups excluding carboxylic acids is 1. The Morgan fingerprint density at radius 1 is 1.44 bits per heavy atom. The molecule has 1 aromatic rings. The van der Waals surface area contributed by atoms with Crippen molar-refractivity contribution < 1.29 is 9.53 Å². The third-order valence-electron chi connectivity index (χ3n) is 1.99. The van der Waals surface area contributed by atoms with Gasteiger partial charge in [0, 0.05) is 24.2 Å². The van der Waals surface area contributed by atoms with Crippen LogP contribution in [0.1, 0.15) is 5.56 Å². The van der Waals surface area contributed by atoms with Gasteiger partial charge in [-0.2, -0.15) is 0 Å². The lowest BCUT2D eigenvalue weighted by molar-refractivity contribution is 0.196. The number of ether oxygens (including phenoxy) is 1.